The van der Waals surface area contributed by atoms with E-state index in [0.29, 0.717) is 5.92 Å². The normalized spacial score (nSPS) is 51.0. The van der Waals surface area contributed by atoms with Gasteiger partial charge in [-0.25, -0.2) is 0 Å². The smallest absolute Gasteiger partial charge is 0.0704 e. The summed E-state index contributed by atoms with van der Waals surface area (Å²) in [5.41, 5.74) is -0.226. The minimum atomic E-state index is -0.391. The van der Waals surface area contributed by atoms with Crippen LogP contribution >= 0.6 is 0 Å². The predicted molar refractivity (Wildman–Crippen MR) is 49.9 cm³/mol. The minimum Gasteiger partial charge on any atom is -0.389 e. The lowest BCUT2D eigenvalue weighted by molar-refractivity contribution is -0.249. The first-order valence-electron chi connectivity index (χ1n) is 5.20. The third-order valence-corrected chi connectivity index (χ3v) is 4.72. The predicted octanol–water partition coefficient (Wildman–Crippen LogP) is 2.58. The summed E-state index contributed by atoms with van der Waals surface area (Å²) in [5, 5.41) is 10.2. The molecule has 1 heteroatoms. The molecule has 2 fully saturated rings. The van der Waals surface area contributed by atoms with Crippen LogP contribution in [0.25, 0.3) is 0 Å². The van der Waals surface area contributed by atoms with Gasteiger partial charge < -0.3 is 5.11 Å². The van der Waals surface area contributed by atoms with Crippen molar-refractivity contribution in [3.05, 3.63) is 0 Å². The quantitative estimate of drug-likeness (QED) is 0.589. The number of fused-ring (bicyclic) bond motifs is 1. The molecule has 2 rings (SSSR count). The Morgan fingerprint density at radius 3 is 2.00 bits per heavy atom. The van der Waals surface area contributed by atoms with Gasteiger partial charge >= 0.3 is 0 Å². The van der Waals surface area contributed by atoms with Crippen LogP contribution in [0, 0.1) is 17.3 Å². The van der Waals surface area contributed by atoms with E-state index in [0.717, 1.165) is 5.92 Å². The lowest BCUT2D eigenvalue weighted by Gasteiger charge is -2.65. The van der Waals surface area contributed by atoms with Crippen LogP contribution in [0.3, 0.4) is 0 Å². The molecule has 0 radical (unpaired) electrons. The first-order chi connectivity index (χ1) is 5.48. The van der Waals surface area contributed by atoms with Gasteiger partial charge in [-0.1, -0.05) is 26.7 Å². The number of hydrogen-bond acceptors (Lipinski definition) is 1. The number of hydrogen-bond donors (Lipinski definition) is 1. The molecule has 0 saturated heterocycles. The molecule has 0 spiro atoms. The fourth-order valence-electron chi connectivity index (χ4n) is 3.42. The Kier molecular flexibility index (Phi) is 1.61. The van der Waals surface area contributed by atoms with Crippen LogP contribution in [0.1, 0.15) is 46.5 Å². The van der Waals surface area contributed by atoms with Gasteiger partial charge in [-0.2, -0.15) is 0 Å². The van der Waals surface area contributed by atoms with Gasteiger partial charge in [-0.3, -0.25) is 0 Å². The largest absolute Gasteiger partial charge is 0.389 e. The van der Waals surface area contributed by atoms with E-state index < -0.39 is 5.60 Å². The molecule has 3 atom stereocenters. The zero-order valence-electron chi connectivity index (χ0n) is 8.43. The van der Waals surface area contributed by atoms with E-state index in [1.165, 1.54) is 25.7 Å². The molecular formula is C11H20O. The first kappa shape index (κ1) is 8.55. The van der Waals surface area contributed by atoms with Crippen LogP contribution in [0.4, 0.5) is 0 Å². The van der Waals surface area contributed by atoms with Gasteiger partial charge in [0.05, 0.1) is 5.60 Å². The van der Waals surface area contributed by atoms with Crippen LogP contribution < -0.4 is 0 Å². The van der Waals surface area contributed by atoms with Gasteiger partial charge in [-0.15, -0.1) is 0 Å². The summed E-state index contributed by atoms with van der Waals surface area (Å²) in [6.45, 7) is 6.47. The Balaban J connectivity index is 2.20. The van der Waals surface area contributed by atoms with Gasteiger partial charge in [0.1, 0.15) is 0 Å². The highest BCUT2D eigenvalue weighted by Gasteiger charge is 2.63. The maximum Gasteiger partial charge on any atom is 0.0704 e. The van der Waals surface area contributed by atoms with E-state index in [1.54, 1.807) is 0 Å². The van der Waals surface area contributed by atoms with E-state index >= 15 is 0 Å². The van der Waals surface area contributed by atoms with Crippen molar-refractivity contribution in [2.24, 2.45) is 17.3 Å². The summed E-state index contributed by atoms with van der Waals surface area (Å²) in [7, 11) is 0. The molecular weight excluding hydrogens is 148 g/mol. The van der Waals surface area contributed by atoms with Crippen LogP contribution in [0.2, 0.25) is 0 Å². The van der Waals surface area contributed by atoms with Gasteiger partial charge in [0, 0.05) is 0 Å². The molecule has 0 heterocycles. The molecule has 70 valence electrons. The number of rotatable bonds is 0. The van der Waals surface area contributed by atoms with Crippen molar-refractivity contribution in [3.63, 3.8) is 0 Å². The summed E-state index contributed by atoms with van der Waals surface area (Å²) in [4.78, 5) is 0. The van der Waals surface area contributed by atoms with Crippen LogP contribution in [-0.2, 0) is 0 Å². The van der Waals surface area contributed by atoms with Crippen molar-refractivity contribution in [3.8, 4) is 0 Å². The Morgan fingerprint density at radius 1 is 1.00 bits per heavy atom. The highest BCUT2D eigenvalue weighted by molar-refractivity contribution is 5.12. The summed E-state index contributed by atoms with van der Waals surface area (Å²) in [6.07, 6.45) is 5.29. The summed E-state index contributed by atoms with van der Waals surface area (Å²) < 4.78 is 0. The zero-order valence-corrected chi connectivity index (χ0v) is 8.43. The van der Waals surface area contributed by atoms with Crippen molar-refractivity contribution in [2.45, 2.75) is 52.1 Å². The standard InChI is InChI=1S/C11H20O/c1-10(2)8-6-4-5-7-9(8)11(10,3)12/h8-9,12H,4-7H2,1-3H3/t8-,9+,11-/m1/s1. The van der Waals surface area contributed by atoms with E-state index in [4.69, 9.17) is 0 Å². The molecule has 12 heavy (non-hydrogen) atoms. The summed E-state index contributed by atoms with van der Waals surface area (Å²) >= 11 is 0. The highest BCUT2D eigenvalue weighted by atomic mass is 16.3. The van der Waals surface area contributed by atoms with Crippen molar-refractivity contribution in [1.29, 1.82) is 0 Å². The Labute approximate surface area is 75.2 Å². The van der Waals surface area contributed by atoms with E-state index in [1.807, 2.05) is 6.92 Å². The van der Waals surface area contributed by atoms with Gasteiger partial charge in [0.2, 0.25) is 0 Å². The molecule has 0 aromatic heterocycles. The van der Waals surface area contributed by atoms with Crippen LogP contribution in [-0.4, -0.2) is 10.7 Å². The molecule has 0 unspecified atom stereocenters. The van der Waals surface area contributed by atoms with E-state index in [-0.39, 0.29) is 5.41 Å². The Hall–Kier alpha value is -0.0400. The Morgan fingerprint density at radius 2 is 1.50 bits per heavy atom. The minimum absolute atomic E-state index is 0.165. The molecule has 1 N–H and O–H groups in total. The fraction of sp³-hybridized carbons (Fsp3) is 1.00. The van der Waals surface area contributed by atoms with Crippen LogP contribution in [0.15, 0.2) is 0 Å². The van der Waals surface area contributed by atoms with Crippen molar-refractivity contribution < 1.29 is 5.11 Å². The van der Waals surface area contributed by atoms with Crippen molar-refractivity contribution in [1.82, 2.24) is 0 Å². The van der Waals surface area contributed by atoms with E-state index in [2.05, 4.69) is 13.8 Å². The molecule has 0 aromatic carbocycles. The van der Waals surface area contributed by atoms with Crippen LogP contribution in [0.5, 0.6) is 0 Å². The van der Waals surface area contributed by atoms with Crippen molar-refractivity contribution >= 4 is 0 Å². The molecule has 2 aliphatic rings. The molecule has 0 aliphatic heterocycles. The fourth-order valence-corrected chi connectivity index (χ4v) is 3.42. The van der Waals surface area contributed by atoms with Gasteiger partial charge in [0.15, 0.2) is 0 Å². The second-order valence-corrected chi connectivity index (χ2v) is 5.37. The average molecular weight is 168 g/mol. The average Bonchev–Trinajstić information content (AvgIpc) is 2.04. The highest BCUT2D eigenvalue weighted by Crippen LogP contribution is 2.63. The first-order valence-corrected chi connectivity index (χ1v) is 5.20. The van der Waals surface area contributed by atoms with E-state index in [9.17, 15) is 5.11 Å². The molecule has 2 aliphatic carbocycles. The topological polar surface area (TPSA) is 20.2 Å². The molecule has 1 nitrogen and oxygen atoms in total. The number of aliphatic hydroxyl groups is 1. The summed E-state index contributed by atoms with van der Waals surface area (Å²) in [5.74, 6) is 1.39. The second-order valence-electron chi connectivity index (χ2n) is 5.37. The second kappa shape index (κ2) is 2.25. The maximum atomic E-state index is 10.2. The van der Waals surface area contributed by atoms with Gasteiger partial charge in [0.25, 0.3) is 0 Å². The third-order valence-electron chi connectivity index (χ3n) is 4.72. The maximum absolute atomic E-state index is 10.2. The Bertz CT molecular complexity index is 171. The van der Waals surface area contributed by atoms with Crippen molar-refractivity contribution in [2.75, 3.05) is 0 Å². The third kappa shape index (κ3) is 0.783. The molecule has 0 amide bonds. The molecule has 2 saturated carbocycles. The SMILES string of the molecule is CC1(C)[C@@H]2CCCC[C@@H]2[C@@]1(C)O. The van der Waals surface area contributed by atoms with Gasteiger partial charge in [-0.05, 0) is 37.0 Å². The zero-order chi connectivity index (χ0) is 8.98. The monoisotopic (exact) mass is 168 g/mol. The lowest BCUT2D eigenvalue weighted by atomic mass is 9.42. The molecule has 0 bridgehead atoms. The summed E-state index contributed by atoms with van der Waals surface area (Å²) in [6, 6.07) is 0. The molecule has 0 aromatic rings. The lowest BCUT2D eigenvalue weighted by Crippen LogP contribution is -2.67.